The van der Waals surface area contributed by atoms with Gasteiger partial charge < -0.3 is 20.3 Å². The van der Waals surface area contributed by atoms with E-state index in [-0.39, 0.29) is 48.2 Å². The van der Waals surface area contributed by atoms with Gasteiger partial charge >= 0.3 is 6.18 Å². The zero-order valence-electron chi connectivity index (χ0n) is 23.7. The number of nitrogens with zero attached hydrogens (tertiary/aromatic N) is 3. The third kappa shape index (κ3) is 6.30. The van der Waals surface area contributed by atoms with E-state index in [9.17, 15) is 27.6 Å². The minimum atomic E-state index is -4.75. The SMILES string of the molecule is CC(C)n1nccc1C(=O)N[C@H](C(=O)Nc1ccc([C@H](C)C(=O)N2CCO[C@@H]2C(F)(F)F)cc1F)C(C1CC1)C1CC1. The number of hydrogen-bond donors (Lipinski definition) is 2. The van der Waals surface area contributed by atoms with Crippen LogP contribution in [0.3, 0.4) is 0 Å². The van der Waals surface area contributed by atoms with E-state index in [0.717, 1.165) is 31.7 Å². The molecule has 3 amide bonds. The first-order valence-electron chi connectivity index (χ1n) is 14.3. The van der Waals surface area contributed by atoms with Gasteiger partial charge in [-0.15, -0.1) is 0 Å². The van der Waals surface area contributed by atoms with Gasteiger partial charge in [0.25, 0.3) is 5.91 Å². The number of aromatic nitrogens is 2. The highest BCUT2D eigenvalue weighted by atomic mass is 19.4. The fourth-order valence-corrected chi connectivity index (χ4v) is 5.82. The maximum absolute atomic E-state index is 15.3. The lowest BCUT2D eigenvalue weighted by atomic mass is 9.88. The van der Waals surface area contributed by atoms with Gasteiger partial charge in [-0.2, -0.15) is 18.3 Å². The average molecular weight is 594 g/mol. The Morgan fingerprint density at radius 3 is 2.29 bits per heavy atom. The number of nitrogens with one attached hydrogen (secondary N) is 2. The summed E-state index contributed by atoms with van der Waals surface area (Å²) in [6.45, 7) is 4.70. The van der Waals surface area contributed by atoms with Crippen molar-refractivity contribution in [2.75, 3.05) is 18.5 Å². The Bertz CT molecular complexity index is 1330. The first-order valence-corrected chi connectivity index (χ1v) is 14.3. The van der Waals surface area contributed by atoms with Gasteiger partial charge in [-0.1, -0.05) is 6.07 Å². The topological polar surface area (TPSA) is 106 Å². The van der Waals surface area contributed by atoms with Crippen LogP contribution in [0.15, 0.2) is 30.5 Å². The van der Waals surface area contributed by atoms with Gasteiger partial charge in [-0.25, -0.2) is 4.39 Å². The summed E-state index contributed by atoms with van der Waals surface area (Å²) in [5.41, 5.74) is 0.320. The number of carbonyl (C=O) groups excluding carboxylic acids is 3. The molecule has 0 unspecified atom stereocenters. The third-order valence-corrected chi connectivity index (χ3v) is 8.25. The zero-order valence-corrected chi connectivity index (χ0v) is 23.7. The van der Waals surface area contributed by atoms with Gasteiger partial charge in [-0.05, 0) is 88.0 Å². The fraction of sp³-hybridized carbons (Fsp3) is 0.586. The van der Waals surface area contributed by atoms with Crippen molar-refractivity contribution in [3.05, 3.63) is 47.5 Å². The molecule has 1 aromatic carbocycles. The minimum Gasteiger partial charge on any atom is -0.348 e. The van der Waals surface area contributed by atoms with Crippen LogP contribution in [-0.4, -0.2) is 64.0 Å². The summed E-state index contributed by atoms with van der Waals surface area (Å²) in [6, 6.07) is 4.32. The van der Waals surface area contributed by atoms with Crippen LogP contribution in [-0.2, 0) is 14.3 Å². The molecule has 13 heteroatoms. The molecule has 1 aromatic heterocycles. The number of rotatable bonds is 10. The van der Waals surface area contributed by atoms with Crippen molar-refractivity contribution in [1.82, 2.24) is 20.0 Å². The van der Waals surface area contributed by atoms with Crippen molar-refractivity contribution in [3.63, 3.8) is 0 Å². The first kappa shape index (κ1) is 30.0. The van der Waals surface area contributed by atoms with Crippen LogP contribution in [0.25, 0.3) is 0 Å². The van der Waals surface area contributed by atoms with Crippen molar-refractivity contribution >= 4 is 23.4 Å². The van der Waals surface area contributed by atoms with Crippen molar-refractivity contribution in [1.29, 1.82) is 0 Å². The number of alkyl halides is 3. The molecule has 5 rings (SSSR count). The normalized spacial score (nSPS) is 20.6. The van der Waals surface area contributed by atoms with Crippen LogP contribution in [0.1, 0.15) is 74.5 Å². The minimum absolute atomic E-state index is 0.0742. The van der Waals surface area contributed by atoms with E-state index in [1.807, 2.05) is 13.8 Å². The smallest absolute Gasteiger partial charge is 0.348 e. The van der Waals surface area contributed by atoms with Crippen LogP contribution < -0.4 is 10.6 Å². The predicted octanol–water partition coefficient (Wildman–Crippen LogP) is 4.63. The number of amides is 3. The van der Waals surface area contributed by atoms with Crippen LogP contribution >= 0.6 is 0 Å². The van der Waals surface area contributed by atoms with Gasteiger partial charge in [-0.3, -0.25) is 19.1 Å². The molecule has 2 aromatic rings. The van der Waals surface area contributed by atoms with Gasteiger partial charge in [0.1, 0.15) is 17.6 Å². The Balaban J connectivity index is 1.32. The molecular weight excluding hydrogens is 558 g/mol. The standard InChI is InChI=1S/C29H35F4N5O4/c1-15(2)38-22(10-11-34-38)25(39)36-24(23(17-4-5-17)18-6-7-18)26(40)35-21-9-8-19(14-20(21)30)16(3)27(41)37-12-13-42-28(37)29(31,32)33/h8-11,14-18,23-24,28H,4-7,12-13H2,1-3H3,(H,35,40)(H,36,39)/t16-,24-,28+/m0/s1. The lowest BCUT2D eigenvalue weighted by Crippen LogP contribution is -2.50. The fourth-order valence-electron chi connectivity index (χ4n) is 5.82. The Morgan fingerprint density at radius 1 is 1.05 bits per heavy atom. The molecule has 3 aliphatic rings. The number of carbonyl (C=O) groups is 3. The summed E-state index contributed by atoms with van der Waals surface area (Å²) in [4.78, 5) is 40.4. The summed E-state index contributed by atoms with van der Waals surface area (Å²) in [5, 5.41) is 9.71. The molecule has 2 saturated carbocycles. The molecule has 42 heavy (non-hydrogen) atoms. The van der Waals surface area contributed by atoms with Crippen molar-refractivity contribution in [2.24, 2.45) is 17.8 Å². The number of halogens is 4. The monoisotopic (exact) mass is 593 g/mol. The molecule has 1 aliphatic heterocycles. The van der Waals surface area contributed by atoms with Gasteiger partial charge in [0.15, 0.2) is 0 Å². The second-order valence-electron chi connectivity index (χ2n) is 11.7. The molecule has 0 spiro atoms. The summed E-state index contributed by atoms with van der Waals surface area (Å²) in [6.07, 6.45) is -1.74. The largest absolute Gasteiger partial charge is 0.433 e. The number of anilines is 1. The van der Waals surface area contributed by atoms with Crippen LogP contribution in [0.2, 0.25) is 0 Å². The van der Waals surface area contributed by atoms with E-state index in [2.05, 4.69) is 15.7 Å². The van der Waals surface area contributed by atoms with Crippen LogP contribution in [0.5, 0.6) is 0 Å². The third-order valence-electron chi connectivity index (χ3n) is 8.25. The second kappa shape index (κ2) is 11.7. The number of hydrogen-bond acceptors (Lipinski definition) is 5. The molecule has 9 nitrogen and oxygen atoms in total. The zero-order chi connectivity index (χ0) is 30.3. The molecule has 1 saturated heterocycles. The lowest BCUT2D eigenvalue weighted by molar-refractivity contribution is -0.238. The quantitative estimate of drug-likeness (QED) is 0.391. The second-order valence-corrected chi connectivity index (χ2v) is 11.7. The highest BCUT2D eigenvalue weighted by Crippen LogP contribution is 2.51. The molecule has 0 bridgehead atoms. The van der Waals surface area contributed by atoms with Crippen molar-refractivity contribution < 1.29 is 36.7 Å². The summed E-state index contributed by atoms with van der Waals surface area (Å²) in [5.74, 6) is -3.28. The number of ether oxygens (including phenoxy) is 1. The highest BCUT2D eigenvalue weighted by molar-refractivity contribution is 6.01. The molecule has 3 fully saturated rings. The highest BCUT2D eigenvalue weighted by Gasteiger charge is 2.50. The predicted molar refractivity (Wildman–Crippen MR) is 144 cm³/mol. The van der Waals surface area contributed by atoms with E-state index < -0.39 is 47.9 Å². The summed E-state index contributed by atoms with van der Waals surface area (Å²) < 4.78 is 61.3. The van der Waals surface area contributed by atoms with E-state index in [1.54, 1.807) is 10.7 Å². The maximum Gasteiger partial charge on any atom is 0.433 e. The molecular formula is C29H35F4N5O4. The molecule has 3 atom stereocenters. The average Bonchev–Trinajstić information content (AvgIpc) is 3.84. The summed E-state index contributed by atoms with van der Waals surface area (Å²) in [7, 11) is 0. The Kier molecular flexibility index (Phi) is 8.32. The van der Waals surface area contributed by atoms with Gasteiger partial charge in [0.2, 0.25) is 18.0 Å². The van der Waals surface area contributed by atoms with E-state index in [0.29, 0.717) is 10.6 Å². The van der Waals surface area contributed by atoms with Crippen molar-refractivity contribution in [2.45, 2.75) is 76.9 Å². The van der Waals surface area contributed by atoms with E-state index in [4.69, 9.17) is 4.74 Å². The number of benzene rings is 1. The maximum atomic E-state index is 15.3. The Labute approximate surface area is 240 Å². The van der Waals surface area contributed by atoms with Crippen molar-refractivity contribution in [3.8, 4) is 0 Å². The molecule has 2 N–H and O–H groups in total. The summed E-state index contributed by atoms with van der Waals surface area (Å²) >= 11 is 0. The van der Waals surface area contributed by atoms with Gasteiger partial charge in [0, 0.05) is 18.8 Å². The molecule has 0 radical (unpaired) electrons. The lowest BCUT2D eigenvalue weighted by Gasteiger charge is -2.28. The van der Waals surface area contributed by atoms with E-state index in [1.165, 1.54) is 25.3 Å². The van der Waals surface area contributed by atoms with Crippen LogP contribution in [0, 0.1) is 23.6 Å². The Hall–Kier alpha value is -3.48. The molecule has 228 valence electrons. The first-order chi connectivity index (χ1) is 19.9. The Morgan fingerprint density at radius 2 is 1.71 bits per heavy atom. The van der Waals surface area contributed by atoms with Crippen LogP contribution in [0.4, 0.5) is 23.2 Å². The van der Waals surface area contributed by atoms with E-state index >= 15 is 4.39 Å². The van der Waals surface area contributed by atoms with Gasteiger partial charge in [0.05, 0.1) is 18.2 Å². The molecule has 2 aliphatic carbocycles. The molecule has 2 heterocycles.